The third-order valence-corrected chi connectivity index (χ3v) is 3.31. The van der Waals surface area contributed by atoms with Gasteiger partial charge in [0.2, 0.25) is 0 Å². The van der Waals surface area contributed by atoms with Crippen molar-refractivity contribution in [2.45, 2.75) is 12.8 Å². The van der Waals surface area contributed by atoms with Gasteiger partial charge in [0.1, 0.15) is 5.82 Å². The predicted octanol–water partition coefficient (Wildman–Crippen LogP) is 2.89. The van der Waals surface area contributed by atoms with E-state index < -0.39 is 0 Å². The van der Waals surface area contributed by atoms with Crippen molar-refractivity contribution < 1.29 is 0 Å². The molecule has 0 amide bonds. The van der Waals surface area contributed by atoms with E-state index in [1.54, 1.807) is 0 Å². The van der Waals surface area contributed by atoms with Crippen LogP contribution in [0.5, 0.6) is 0 Å². The maximum absolute atomic E-state index is 4.48. The highest BCUT2D eigenvalue weighted by atomic mass is 15.3. The van der Waals surface area contributed by atoms with Crippen LogP contribution in [-0.4, -0.2) is 16.8 Å². The fourth-order valence-electron chi connectivity index (χ4n) is 1.98. The SMILES string of the molecule is CNc1cc(-c2ccc(C#CC3CC3)cc2)nn1C. The van der Waals surface area contributed by atoms with Gasteiger partial charge in [0.25, 0.3) is 0 Å². The number of hydrogen-bond acceptors (Lipinski definition) is 2. The zero-order valence-electron chi connectivity index (χ0n) is 11.3. The molecule has 0 saturated heterocycles. The molecular formula is C16H17N3. The topological polar surface area (TPSA) is 29.9 Å². The molecule has 1 aliphatic carbocycles. The van der Waals surface area contributed by atoms with Gasteiger partial charge in [-0.1, -0.05) is 24.0 Å². The van der Waals surface area contributed by atoms with E-state index in [4.69, 9.17) is 0 Å². The first-order valence-electron chi connectivity index (χ1n) is 6.60. The standard InChI is InChI=1S/C16H17N3/c1-17-16-11-15(18-19(16)2)14-9-7-13(8-10-14)6-5-12-3-4-12/h7-12,17H,3-4H2,1-2H3. The Kier molecular flexibility index (Phi) is 3.00. The zero-order chi connectivity index (χ0) is 13.2. The molecule has 0 atom stereocenters. The van der Waals surface area contributed by atoms with E-state index in [-0.39, 0.29) is 0 Å². The van der Waals surface area contributed by atoms with Crippen LogP contribution in [0, 0.1) is 17.8 Å². The van der Waals surface area contributed by atoms with Crippen molar-refractivity contribution in [3.8, 4) is 23.1 Å². The van der Waals surface area contributed by atoms with Gasteiger partial charge in [-0.15, -0.1) is 0 Å². The van der Waals surface area contributed by atoms with E-state index in [9.17, 15) is 0 Å². The average molecular weight is 251 g/mol. The number of rotatable bonds is 2. The molecule has 1 saturated carbocycles. The lowest BCUT2D eigenvalue weighted by Crippen LogP contribution is -1.97. The summed E-state index contributed by atoms with van der Waals surface area (Å²) in [6.45, 7) is 0. The second-order valence-corrected chi connectivity index (χ2v) is 4.91. The van der Waals surface area contributed by atoms with Crippen LogP contribution in [0.2, 0.25) is 0 Å². The van der Waals surface area contributed by atoms with E-state index in [0.29, 0.717) is 5.92 Å². The molecule has 2 aromatic rings. The quantitative estimate of drug-likeness (QED) is 0.832. The Morgan fingerprint density at radius 1 is 1.26 bits per heavy atom. The van der Waals surface area contributed by atoms with Crippen molar-refractivity contribution in [3.63, 3.8) is 0 Å². The Morgan fingerprint density at radius 2 is 2.00 bits per heavy atom. The molecule has 0 radical (unpaired) electrons. The Bertz CT molecular complexity index is 637. The fraction of sp³-hybridized carbons (Fsp3) is 0.312. The van der Waals surface area contributed by atoms with Gasteiger partial charge in [0.15, 0.2) is 0 Å². The normalized spacial score (nSPS) is 13.8. The first-order valence-corrected chi connectivity index (χ1v) is 6.60. The average Bonchev–Trinajstić information content (AvgIpc) is 3.19. The number of aryl methyl sites for hydroxylation is 1. The first-order chi connectivity index (χ1) is 9.26. The summed E-state index contributed by atoms with van der Waals surface area (Å²) in [5, 5.41) is 7.60. The van der Waals surface area contributed by atoms with E-state index in [1.165, 1.54) is 12.8 Å². The van der Waals surface area contributed by atoms with Crippen LogP contribution in [0.15, 0.2) is 30.3 Å². The molecule has 0 aliphatic heterocycles. The van der Waals surface area contributed by atoms with Crippen molar-refractivity contribution in [2.24, 2.45) is 13.0 Å². The predicted molar refractivity (Wildman–Crippen MR) is 77.8 cm³/mol. The molecule has 0 bridgehead atoms. The molecule has 1 fully saturated rings. The second kappa shape index (κ2) is 4.81. The van der Waals surface area contributed by atoms with Gasteiger partial charge in [-0.2, -0.15) is 5.10 Å². The largest absolute Gasteiger partial charge is 0.373 e. The van der Waals surface area contributed by atoms with Crippen LogP contribution in [0.25, 0.3) is 11.3 Å². The summed E-state index contributed by atoms with van der Waals surface area (Å²) in [6, 6.07) is 10.3. The van der Waals surface area contributed by atoms with E-state index in [0.717, 1.165) is 22.6 Å². The van der Waals surface area contributed by atoms with Gasteiger partial charge < -0.3 is 5.32 Å². The highest BCUT2D eigenvalue weighted by Crippen LogP contribution is 2.27. The molecule has 1 N–H and O–H groups in total. The number of nitrogens with one attached hydrogen (secondary N) is 1. The summed E-state index contributed by atoms with van der Waals surface area (Å²) in [5.41, 5.74) is 3.18. The van der Waals surface area contributed by atoms with E-state index in [1.807, 2.05) is 24.8 Å². The van der Waals surface area contributed by atoms with Gasteiger partial charge in [0.05, 0.1) is 5.69 Å². The lowest BCUT2D eigenvalue weighted by molar-refractivity contribution is 0.778. The molecule has 3 nitrogen and oxygen atoms in total. The van der Waals surface area contributed by atoms with Gasteiger partial charge in [0, 0.05) is 37.2 Å². The van der Waals surface area contributed by atoms with Gasteiger partial charge in [-0.25, -0.2) is 0 Å². The summed E-state index contributed by atoms with van der Waals surface area (Å²) < 4.78 is 1.84. The summed E-state index contributed by atoms with van der Waals surface area (Å²) in [4.78, 5) is 0. The molecule has 3 rings (SSSR count). The fourth-order valence-corrected chi connectivity index (χ4v) is 1.98. The van der Waals surface area contributed by atoms with Crippen LogP contribution in [0.4, 0.5) is 5.82 Å². The minimum atomic E-state index is 0.647. The smallest absolute Gasteiger partial charge is 0.124 e. The summed E-state index contributed by atoms with van der Waals surface area (Å²) in [7, 11) is 3.84. The number of benzene rings is 1. The molecule has 0 spiro atoms. The highest BCUT2D eigenvalue weighted by Gasteiger charge is 2.17. The number of aromatic nitrogens is 2. The Morgan fingerprint density at radius 3 is 2.58 bits per heavy atom. The molecule has 1 heterocycles. The summed E-state index contributed by atoms with van der Waals surface area (Å²) in [5.74, 6) is 8.15. The van der Waals surface area contributed by atoms with Gasteiger partial charge in [-0.3, -0.25) is 4.68 Å². The Hall–Kier alpha value is -2.21. The van der Waals surface area contributed by atoms with E-state index in [2.05, 4.69) is 46.5 Å². The monoisotopic (exact) mass is 251 g/mol. The summed E-state index contributed by atoms with van der Waals surface area (Å²) in [6.07, 6.45) is 2.54. The number of nitrogens with zero attached hydrogens (tertiary/aromatic N) is 2. The Balaban J connectivity index is 1.83. The maximum Gasteiger partial charge on any atom is 0.124 e. The third-order valence-electron chi connectivity index (χ3n) is 3.31. The van der Waals surface area contributed by atoms with Gasteiger partial charge >= 0.3 is 0 Å². The Labute approximate surface area is 113 Å². The molecule has 1 aliphatic rings. The maximum atomic E-state index is 4.48. The van der Waals surface area contributed by atoms with Gasteiger partial charge in [-0.05, 0) is 25.0 Å². The zero-order valence-corrected chi connectivity index (χ0v) is 11.3. The van der Waals surface area contributed by atoms with Crippen molar-refractivity contribution in [2.75, 3.05) is 12.4 Å². The van der Waals surface area contributed by atoms with Crippen molar-refractivity contribution >= 4 is 5.82 Å². The second-order valence-electron chi connectivity index (χ2n) is 4.91. The van der Waals surface area contributed by atoms with E-state index >= 15 is 0 Å². The van der Waals surface area contributed by atoms with Crippen LogP contribution in [-0.2, 0) is 7.05 Å². The molecule has 1 aromatic heterocycles. The lowest BCUT2D eigenvalue weighted by Gasteiger charge is -1.96. The summed E-state index contributed by atoms with van der Waals surface area (Å²) >= 11 is 0. The minimum Gasteiger partial charge on any atom is -0.373 e. The molecule has 0 unspecified atom stereocenters. The highest BCUT2D eigenvalue weighted by molar-refractivity contribution is 5.64. The van der Waals surface area contributed by atoms with Crippen LogP contribution < -0.4 is 5.32 Å². The van der Waals surface area contributed by atoms with Crippen LogP contribution >= 0.6 is 0 Å². The lowest BCUT2D eigenvalue weighted by atomic mass is 10.1. The van der Waals surface area contributed by atoms with Crippen molar-refractivity contribution in [1.82, 2.24) is 9.78 Å². The molecule has 96 valence electrons. The van der Waals surface area contributed by atoms with Crippen molar-refractivity contribution in [3.05, 3.63) is 35.9 Å². The third kappa shape index (κ3) is 2.63. The van der Waals surface area contributed by atoms with Crippen LogP contribution in [0.1, 0.15) is 18.4 Å². The molecular weight excluding hydrogens is 234 g/mol. The molecule has 1 aromatic carbocycles. The molecule has 3 heteroatoms. The minimum absolute atomic E-state index is 0.647. The molecule has 19 heavy (non-hydrogen) atoms. The number of anilines is 1. The number of hydrogen-bond donors (Lipinski definition) is 1. The van der Waals surface area contributed by atoms with Crippen molar-refractivity contribution in [1.29, 1.82) is 0 Å². The first kappa shape index (κ1) is 11.9. The van der Waals surface area contributed by atoms with Crippen LogP contribution in [0.3, 0.4) is 0 Å².